The van der Waals surface area contributed by atoms with Gasteiger partial charge in [-0.05, 0) is 54.4 Å². The van der Waals surface area contributed by atoms with Crippen molar-refractivity contribution in [3.63, 3.8) is 0 Å². The number of H-pyrrole nitrogens is 1. The van der Waals surface area contributed by atoms with E-state index in [1.165, 1.54) is 6.07 Å². The van der Waals surface area contributed by atoms with Crippen LogP contribution >= 0.6 is 11.6 Å². The quantitative estimate of drug-likeness (QED) is 0.633. The van der Waals surface area contributed by atoms with Crippen molar-refractivity contribution in [2.24, 2.45) is 0 Å². The zero-order chi connectivity index (χ0) is 20.3. The number of nitrogens with zero attached hydrogens (tertiary/aromatic N) is 1. The highest BCUT2D eigenvalue weighted by Gasteiger charge is 2.16. The number of rotatable bonds is 6. The summed E-state index contributed by atoms with van der Waals surface area (Å²) in [5, 5.41) is 7.41. The Bertz CT molecular complexity index is 1110. The molecule has 0 saturated heterocycles. The summed E-state index contributed by atoms with van der Waals surface area (Å²) in [6.45, 7) is 2.00. The predicted molar refractivity (Wildman–Crippen MR) is 107 cm³/mol. The standard InChI is InChI=1S/C19H18ClN3O4S/c1-3-12-10-14(5-6-16(12)20)27-18-7-4-13(19(24)23-28(2,25)26)11-15(18)17-8-9-21-22-17/h4-11H,3H2,1-2H3,(H,21,22)(H,23,24). The molecule has 0 spiro atoms. The SMILES string of the molecule is CCc1cc(Oc2ccc(C(=O)NS(C)(=O)=O)cc2-c2ccn[nH]2)ccc1Cl. The van der Waals surface area contributed by atoms with Gasteiger partial charge in [0.1, 0.15) is 11.5 Å². The van der Waals surface area contributed by atoms with E-state index in [2.05, 4.69) is 10.2 Å². The molecule has 0 fully saturated rings. The second kappa shape index (κ2) is 8.04. The number of nitrogens with one attached hydrogen (secondary N) is 2. The normalized spacial score (nSPS) is 11.2. The van der Waals surface area contributed by atoms with Crippen molar-refractivity contribution in [2.75, 3.05) is 6.26 Å². The molecule has 9 heteroatoms. The maximum Gasteiger partial charge on any atom is 0.264 e. The van der Waals surface area contributed by atoms with Crippen LogP contribution in [0.1, 0.15) is 22.8 Å². The van der Waals surface area contributed by atoms with Crippen molar-refractivity contribution in [3.05, 3.63) is 64.8 Å². The van der Waals surface area contributed by atoms with Gasteiger partial charge in [0.05, 0.1) is 11.9 Å². The van der Waals surface area contributed by atoms with Crippen LogP contribution < -0.4 is 9.46 Å². The summed E-state index contributed by atoms with van der Waals surface area (Å²) in [5.41, 5.74) is 2.31. The van der Waals surface area contributed by atoms with Crippen LogP contribution in [0.15, 0.2) is 48.7 Å². The molecule has 1 heterocycles. The molecular weight excluding hydrogens is 402 g/mol. The van der Waals surface area contributed by atoms with Crippen molar-refractivity contribution < 1.29 is 17.9 Å². The lowest BCUT2D eigenvalue weighted by Crippen LogP contribution is -2.29. The lowest BCUT2D eigenvalue weighted by atomic mass is 10.1. The van der Waals surface area contributed by atoms with E-state index >= 15 is 0 Å². The first kappa shape index (κ1) is 19.9. The summed E-state index contributed by atoms with van der Waals surface area (Å²) in [6, 6.07) is 11.7. The number of carbonyl (C=O) groups is 1. The third kappa shape index (κ3) is 4.71. The van der Waals surface area contributed by atoms with Crippen LogP contribution in [0.5, 0.6) is 11.5 Å². The molecule has 2 aromatic carbocycles. The van der Waals surface area contributed by atoms with Crippen LogP contribution in [-0.2, 0) is 16.4 Å². The van der Waals surface area contributed by atoms with Crippen LogP contribution in [0.4, 0.5) is 0 Å². The Balaban J connectivity index is 2.00. The Labute approximate surface area is 167 Å². The summed E-state index contributed by atoms with van der Waals surface area (Å²) in [4.78, 5) is 12.2. The van der Waals surface area contributed by atoms with Gasteiger partial charge < -0.3 is 4.74 Å². The van der Waals surface area contributed by atoms with Gasteiger partial charge in [0, 0.05) is 22.3 Å². The summed E-state index contributed by atoms with van der Waals surface area (Å²) >= 11 is 6.16. The minimum Gasteiger partial charge on any atom is -0.457 e. The summed E-state index contributed by atoms with van der Waals surface area (Å²) in [6.07, 6.45) is 3.25. The molecule has 0 saturated carbocycles. The molecule has 0 aliphatic carbocycles. The van der Waals surface area contributed by atoms with Gasteiger partial charge in [-0.25, -0.2) is 13.1 Å². The van der Waals surface area contributed by atoms with Crippen LogP contribution in [0.3, 0.4) is 0 Å². The number of aromatic nitrogens is 2. The molecule has 1 amide bonds. The zero-order valence-electron chi connectivity index (χ0n) is 15.2. The fourth-order valence-electron chi connectivity index (χ4n) is 2.62. The van der Waals surface area contributed by atoms with Crippen LogP contribution in [-0.4, -0.2) is 30.8 Å². The molecule has 3 rings (SSSR count). The van der Waals surface area contributed by atoms with Gasteiger partial charge in [-0.3, -0.25) is 9.89 Å². The van der Waals surface area contributed by atoms with E-state index < -0.39 is 15.9 Å². The van der Waals surface area contributed by atoms with E-state index in [0.29, 0.717) is 27.8 Å². The summed E-state index contributed by atoms with van der Waals surface area (Å²) in [7, 11) is -3.67. The molecule has 0 aliphatic rings. The maximum atomic E-state index is 12.2. The molecule has 7 nitrogen and oxygen atoms in total. The number of amides is 1. The highest BCUT2D eigenvalue weighted by atomic mass is 35.5. The molecule has 0 atom stereocenters. The highest BCUT2D eigenvalue weighted by Crippen LogP contribution is 2.34. The van der Waals surface area contributed by atoms with Gasteiger partial charge >= 0.3 is 0 Å². The first-order valence-electron chi connectivity index (χ1n) is 8.39. The molecule has 0 aliphatic heterocycles. The molecule has 0 radical (unpaired) electrons. The Kier molecular flexibility index (Phi) is 5.71. The Hall–Kier alpha value is -2.84. The van der Waals surface area contributed by atoms with Crippen molar-refractivity contribution in [1.29, 1.82) is 0 Å². The number of aromatic amines is 1. The molecule has 146 valence electrons. The topological polar surface area (TPSA) is 101 Å². The average molecular weight is 420 g/mol. The summed E-state index contributed by atoms with van der Waals surface area (Å²) in [5.74, 6) is 0.342. The zero-order valence-corrected chi connectivity index (χ0v) is 16.8. The second-order valence-corrected chi connectivity index (χ2v) is 8.25. The van der Waals surface area contributed by atoms with Crippen LogP contribution in [0.2, 0.25) is 5.02 Å². The van der Waals surface area contributed by atoms with Crippen LogP contribution in [0.25, 0.3) is 11.3 Å². The van der Waals surface area contributed by atoms with Crippen molar-refractivity contribution in [2.45, 2.75) is 13.3 Å². The Morgan fingerprint density at radius 1 is 1.21 bits per heavy atom. The fraction of sp³-hybridized carbons (Fsp3) is 0.158. The van der Waals surface area contributed by atoms with E-state index in [4.69, 9.17) is 16.3 Å². The van der Waals surface area contributed by atoms with E-state index in [-0.39, 0.29) is 5.56 Å². The monoisotopic (exact) mass is 419 g/mol. The van der Waals surface area contributed by atoms with Crippen molar-refractivity contribution >= 4 is 27.5 Å². The molecule has 2 N–H and O–H groups in total. The first-order valence-corrected chi connectivity index (χ1v) is 10.7. The van der Waals surface area contributed by atoms with Gasteiger partial charge in [-0.2, -0.15) is 5.10 Å². The highest BCUT2D eigenvalue weighted by molar-refractivity contribution is 7.89. The lowest BCUT2D eigenvalue weighted by Gasteiger charge is -2.13. The Morgan fingerprint density at radius 2 is 2.00 bits per heavy atom. The maximum absolute atomic E-state index is 12.2. The number of carbonyl (C=O) groups excluding carboxylic acids is 1. The molecule has 0 bridgehead atoms. The number of halogens is 1. The number of benzene rings is 2. The van der Waals surface area contributed by atoms with Gasteiger partial charge in [0.15, 0.2) is 0 Å². The number of sulfonamides is 1. The van der Waals surface area contributed by atoms with Crippen molar-refractivity contribution in [3.8, 4) is 22.8 Å². The third-order valence-electron chi connectivity index (χ3n) is 3.94. The third-order valence-corrected chi connectivity index (χ3v) is 4.86. The fourth-order valence-corrected chi connectivity index (χ4v) is 3.32. The largest absolute Gasteiger partial charge is 0.457 e. The van der Waals surface area contributed by atoms with Gasteiger partial charge in [0.2, 0.25) is 10.0 Å². The molecular formula is C19H18ClN3O4S. The van der Waals surface area contributed by atoms with Gasteiger partial charge in [-0.1, -0.05) is 18.5 Å². The Morgan fingerprint density at radius 3 is 2.64 bits per heavy atom. The van der Waals surface area contributed by atoms with E-state index in [9.17, 15) is 13.2 Å². The van der Waals surface area contributed by atoms with E-state index in [1.807, 2.05) is 17.7 Å². The predicted octanol–water partition coefficient (Wildman–Crippen LogP) is 3.77. The molecule has 3 aromatic rings. The van der Waals surface area contributed by atoms with Crippen LogP contribution in [0, 0.1) is 0 Å². The van der Waals surface area contributed by atoms with Crippen molar-refractivity contribution in [1.82, 2.24) is 14.9 Å². The minimum absolute atomic E-state index is 0.174. The minimum atomic E-state index is -3.67. The van der Waals surface area contributed by atoms with E-state index in [0.717, 1.165) is 18.2 Å². The number of hydrogen-bond donors (Lipinski definition) is 2. The summed E-state index contributed by atoms with van der Waals surface area (Å²) < 4.78 is 30.6. The van der Waals surface area contributed by atoms with E-state index in [1.54, 1.807) is 36.5 Å². The number of aryl methyl sites for hydroxylation is 1. The number of ether oxygens (including phenoxy) is 1. The average Bonchev–Trinajstić information content (AvgIpc) is 3.16. The lowest BCUT2D eigenvalue weighted by molar-refractivity contribution is 0.0981. The molecule has 28 heavy (non-hydrogen) atoms. The molecule has 0 unspecified atom stereocenters. The number of hydrogen-bond acceptors (Lipinski definition) is 5. The second-order valence-electron chi connectivity index (χ2n) is 6.09. The molecule has 1 aromatic heterocycles. The smallest absolute Gasteiger partial charge is 0.264 e. The van der Waals surface area contributed by atoms with Gasteiger partial charge in [0.25, 0.3) is 5.91 Å². The first-order chi connectivity index (χ1) is 13.3. The van der Waals surface area contributed by atoms with Gasteiger partial charge in [-0.15, -0.1) is 0 Å².